The van der Waals surface area contributed by atoms with Crippen LogP contribution in [-0.4, -0.2) is 15.5 Å². The average molecular weight is 404 g/mol. The van der Waals surface area contributed by atoms with Gasteiger partial charge in [0.15, 0.2) is 0 Å². The lowest BCUT2D eigenvalue weighted by atomic mass is 9.88. The summed E-state index contributed by atoms with van der Waals surface area (Å²) in [6.07, 6.45) is 5.92. The molecule has 2 aromatic carbocycles. The van der Waals surface area contributed by atoms with Gasteiger partial charge in [0.1, 0.15) is 0 Å². The predicted octanol–water partition coefficient (Wildman–Crippen LogP) is 5.07. The van der Waals surface area contributed by atoms with Crippen LogP contribution in [0.3, 0.4) is 0 Å². The Morgan fingerprint density at radius 2 is 1.90 bits per heavy atom. The molecule has 146 valence electrons. The first-order valence-electron chi connectivity index (χ1n) is 9.57. The zero-order valence-electron chi connectivity index (χ0n) is 16.2. The van der Waals surface area contributed by atoms with Gasteiger partial charge in [-0.1, -0.05) is 41.9 Å². The fourth-order valence-corrected chi connectivity index (χ4v) is 3.94. The normalized spacial score (nSPS) is 12.1. The Morgan fingerprint density at radius 1 is 1.10 bits per heavy atom. The smallest absolute Gasteiger partial charge is 0.221 e. The van der Waals surface area contributed by atoms with Crippen molar-refractivity contribution in [2.75, 3.05) is 0 Å². The summed E-state index contributed by atoms with van der Waals surface area (Å²) in [5, 5.41) is 4.86. The number of nitrogens with one attached hydrogen (secondary N) is 1. The second kappa shape index (κ2) is 8.50. The van der Waals surface area contributed by atoms with Crippen LogP contribution < -0.4 is 5.32 Å². The highest BCUT2D eigenvalue weighted by molar-refractivity contribution is 6.30. The highest BCUT2D eigenvalue weighted by Crippen LogP contribution is 2.35. The second-order valence-electron chi connectivity index (χ2n) is 7.16. The quantitative estimate of drug-likeness (QED) is 0.488. The molecule has 0 spiro atoms. The fraction of sp³-hybridized carbons (Fsp3) is 0.167. The molecule has 2 heterocycles. The number of pyridine rings is 1. The van der Waals surface area contributed by atoms with Gasteiger partial charge in [-0.2, -0.15) is 0 Å². The summed E-state index contributed by atoms with van der Waals surface area (Å²) in [5.74, 6) is -0.0861. The molecular formula is C24H22ClN3O. The van der Waals surface area contributed by atoms with Crippen LogP contribution in [-0.2, 0) is 18.4 Å². The maximum atomic E-state index is 12.8. The maximum absolute atomic E-state index is 12.8. The molecule has 2 aromatic heterocycles. The van der Waals surface area contributed by atoms with E-state index < -0.39 is 0 Å². The first-order valence-corrected chi connectivity index (χ1v) is 9.94. The van der Waals surface area contributed by atoms with Gasteiger partial charge in [-0.05, 0) is 47.0 Å². The number of nitrogens with zero attached hydrogens (tertiary/aromatic N) is 2. The second-order valence-corrected chi connectivity index (χ2v) is 7.59. The summed E-state index contributed by atoms with van der Waals surface area (Å²) in [7, 11) is 2.03. The van der Waals surface area contributed by atoms with Crippen LogP contribution in [0.5, 0.6) is 0 Å². The van der Waals surface area contributed by atoms with E-state index in [0.717, 1.165) is 27.6 Å². The number of para-hydroxylation sites is 1. The molecular weight excluding hydrogens is 382 g/mol. The van der Waals surface area contributed by atoms with Crippen LogP contribution >= 0.6 is 11.6 Å². The van der Waals surface area contributed by atoms with Gasteiger partial charge in [0, 0.05) is 60.4 Å². The molecule has 0 aliphatic heterocycles. The zero-order chi connectivity index (χ0) is 20.2. The van der Waals surface area contributed by atoms with Gasteiger partial charge in [0.2, 0.25) is 5.91 Å². The molecule has 1 atom stereocenters. The first-order chi connectivity index (χ1) is 14.1. The molecule has 4 aromatic rings. The van der Waals surface area contributed by atoms with Crippen LogP contribution in [0.1, 0.15) is 29.0 Å². The summed E-state index contributed by atoms with van der Waals surface area (Å²) < 4.78 is 2.11. The molecule has 1 N–H and O–H groups in total. The Kier molecular flexibility index (Phi) is 5.63. The van der Waals surface area contributed by atoms with Crippen LogP contribution in [0.2, 0.25) is 5.02 Å². The summed E-state index contributed by atoms with van der Waals surface area (Å²) in [6, 6.07) is 19.8. The molecule has 1 unspecified atom stereocenters. The van der Waals surface area contributed by atoms with E-state index in [9.17, 15) is 4.79 Å². The van der Waals surface area contributed by atoms with E-state index in [1.807, 2.05) is 55.6 Å². The number of halogens is 1. The molecule has 0 aliphatic rings. The van der Waals surface area contributed by atoms with Gasteiger partial charge in [-0.3, -0.25) is 9.78 Å². The maximum Gasteiger partial charge on any atom is 0.221 e. The molecule has 29 heavy (non-hydrogen) atoms. The number of carbonyl (C=O) groups is 1. The van der Waals surface area contributed by atoms with Crippen molar-refractivity contribution in [2.24, 2.45) is 7.05 Å². The Labute approximate surface area is 175 Å². The third-order valence-corrected chi connectivity index (χ3v) is 5.42. The molecule has 0 bridgehead atoms. The van der Waals surface area contributed by atoms with E-state index in [-0.39, 0.29) is 11.8 Å². The number of aromatic nitrogens is 2. The summed E-state index contributed by atoms with van der Waals surface area (Å²) in [4.78, 5) is 16.8. The number of fused-ring (bicyclic) bond motifs is 1. The highest BCUT2D eigenvalue weighted by atomic mass is 35.5. The van der Waals surface area contributed by atoms with Gasteiger partial charge in [0.25, 0.3) is 0 Å². The van der Waals surface area contributed by atoms with Crippen molar-refractivity contribution >= 4 is 28.4 Å². The Balaban J connectivity index is 1.65. The highest BCUT2D eigenvalue weighted by Gasteiger charge is 2.22. The number of benzene rings is 2. The van der Waals surface area contributed by atoms with E-state index in [1.165, 1.54) is 0 Å². The van der Waals surface area contributed by atoms with Crippen LogP contribution in [0, 0.1) is 0 Å². The Hall–Kier alpha value is -3.11. The number of aryl methyl sites for hydroxylation is 1. The topological polar surface area (TPSA) is 46.9 Å². The third kappa shape index (κ3) is 4.33. The van der Waals surface area contributed by atoms with Gasteiger partial charge in [-0.25, -0.2) is 0 Å². The molecule has 0 fully saturated rings. The molecule has 0 saturated carbocycles. The van der Waals surface area contributed by atoms with Crippen LogP contribution in [0.25, 0.3) is 10.9 Å². The van der Waals surface area contributed by atoms with Crippen molar-refractivity contribution in [3.8, 4) is 0 Å². The van der Waals surface area contributed by atoms with Gasteiger partial charge in [0.05, 0.1) is 0 Å². The summed E-state index contributed by atoms with van der Waals surface area (Å²) in [5.41, 5.74) is 4.34. The van der Waals surface area contributed by atoms with Crippen LogP contribution in [0.15, 0.2) is 79.3 Å². The first kappa shape index (κ1) is 19.2. The summed E-state index contributed by atoms with van der Waals surface area (Å²) >= 11 is 6.27. The Bertz CT molecular complexity index is 1140. The molecule has 5 heteroatoms. The minimum Gasteiger partial charge on any atom is -0.352 e. The molecule has 4 rings (SSSR count). The van der Waals surface area contributed by atoms with E-state index >= 15 is 0 Å². The average Bonchev–Trinajstić information content (AvgIpc) is 3.08. The molecule has 4 nitrogen and oxygen atoms in total. The van der Waals surface area contributed by atoms with E-state index in [1.54, 1.807) is 12.4 Å². The van der Waals surface area contributed by atoms with E-state index in [4.69, 9.17) is 11.6 Å². The fourth-order valence-electron chi connectivity index (χ4n) is 3.74. The van der Waals surface area contributed by atoms with Gasteiger partial charge < -0.3 is 9.88 Å². The zero-order valence-corrected chi connectivity index (χ0v) is 16.9. The SMILES string of the molecule is Cn1cc(C(CC(=O)NCc2ccncc2)c2cccc(Cl)c2)c2ccccc21. The van der Waals surface area contributed by atoms with E-state index in [2.05, 4.69) is 33.2 Å². The van der Waals surface area contributed by atoms with Gasteiger partial charge in [-0.15, -0.1) is 0 Å². The monoisotopic (exact) mass is 403 g/mol. The van der Waals surface area contributed by atoms with Crippen molar-refractivity contribution in [3.05, 3.63) is 101 Å². The lowest BCUT2D eigenvalue weighted by Gasteiger charge is -2.18. The number of carbonyl (C=O) groups excluding carboxylic acids is 1. The molecule has 0 aliphatic carbocycles. The lowest BCUT2D eigenvalue weighted by molar-refractivity contribution is -0.121. The minimum absolute atomic E-state index is 0.000257. The van der Waals surface area contributed by atoms with Crippen molar-refractivity contribution in [1.29, 1.82) is 0 Å². The molecule has 1 amide bonds. The van der Waals surface area contributed by atoms with E-state index in [0.29, 0.717) is 18.0 Å². The molecule has 0 saturated heterocycles. The van der Waals surface area contributed by atoms with Crippen molar-refractivity contribution in [2.45, 2.75) is 18.9 Å². The number of hydrogen-bond acceptors (Lipinski definition) is 2. The number of amides is 1. The largest absolute Gasteiger partial charge is 0.352 e. The lowest BCUT2D eigenvalue weighted by Crippen LogP contribution is -2.25. The minimum atomic E-state index is -0.0859. The van der Waals surface area contributed by atoms with Crippen molar-refractivity contribution in [3.63, 3.8) is 0 Å². The Morgan fingerprint density at radius 3 is 2.69 bits per heavy atom. The standard InChI is InChI=1S/C24H22ClN3O/c1-28-16-22(20-7-2-3-8-23(20)28)21(18-5-4-6-19(25)13-18)14-24(29)27-15-17-9-11-26-12-10-17/h2-13,16,21H,14-15H2,1H3,(H,27,29). The summed E-state index contributed by atoms with van der Waals surface area (Å²) in [6.45, 7) is 0.485. The van der Waals surface area contributed by atoms with Crippen molar-refractivity contribution < 1.29 is 4.79 Å². The number of hydrogen-bond donors (Lipinski definition) is 1. The number of rotatable bonds is 6. The van der Waals surface area contributed by atoms with Crippen LogP contribution in [0.4, 0.5) is 0 Å². The predicted molar refractivity (Wildman–Crippen MR) is 117 cm³/mol. The van der Waals surface area contributed by atoms with Gasteiger partial charge >= 0.3 is 0 Å². The van der Waals surface area contributed by atoms with Crippen molar-refractivity contribution in [1.82, 2.24) is 14.9 Å². The third-order valence-electron chi connectivity index (χ3n) is 5.18. The molecule has 0 radical (unpaired) electrons.